The zero-order valence-corrected chi connectivity index (χ0v) is 17.3. The zero-order chi connectivity index (χ0) is 21.9. The first-order chi connectivity index (χ1) is 14.1. The SMILES string of the molecule is O=S(=O)([O-])C(F)(F)F.[Fe+][C]1=CC=CC1.c1cc2ccc3cccc4ccc(c1)c2c34. The molecule has 5 rings (SSSR count). The summed E-state index contributed by atoms with van der Waals surface area (Å²) in [4.78, 5) is 0. The average Bonchev–Trinajstić information content (AvgIpc) is 3.17. The van der Waals surface area contributed by atoms with Crippen molar-refractivity contribution < 1.29 is 42.2 Å². The Bertz CT molecular complexity index is 1210. The van der Waals surface area contributed by atoms with E-state index in [2.05, 4.69) is 82.8 Å². The quantitative estimate of drug-likeness (QED) is 0.136. The molecular weight excluding hydrogens is 457 g/mol. The van der Waals surface area contributed by atoms with Gasteiger partial charge < -0.3 is 4.55 Å². The average molecular weight is 472 g/mol. The first-order valence-corrected chi connectivity index (χ1v) is 10.7. The van der Waals surface area contributed by atoms with Gasteiger partial charge in [0.05, 0.1) is 0 Å². The maximum atomic E-state index is 10.7. The maximum absolute atomic E-state index is 10.7. The summed E-state index contributed by atoms with van der Waals surface area (Å²) in [5, 5.41) is 8.14. The fourth-order valence-electron chi connectivity index (χ4n) is 3.09. The molecule has 3 nitrogen and oxygen atoms in total. The molecule has 0 aromatic heterocycles. The van der Waals surface area contributed by atoms with E-state index < -0.39 is 15.6 Å². The third-order valence-electron chi connectivity index (χ3n) is 4.39. The van der Waals surface area contributed by atoms with Gasteiger partial charge in [-0.2, -0.15) is 13.2 Å². The molecule has 0 spiro atoms. The fraction of sp³-hybridized carbons (Fsp3) is 0.0909. The molecule has 8 heteroatoms. The van der Waals surface area contributed by atoms with Crippen molar-refractivity contribution >= 4 is 42.4 Å². The number of alkyl halides is 3. The molecule has 0 atom stereocenters. The largest absolute Gasteiger partial charge is 0.0610 e. The molecular formula is C22H15F3FeO3S. The van der Waals surface area contributed by atoms with Gasteiger partial charge in [-0.25, -0.2) is 8.42 Å². The molecule has 0 radical (unpaired) electrons. The molecule has 30 heavy (non-hydrogen) atoms. The molecule has 1 aliphatic rings. The van der Waals surface area contributed by atoms with Crippen LogP contribution in [0.4, 0.5) is 13.2 Å². The van der Waals surface area contributed by atoms with Gasteiger partial charge in [-0.3, -0.25) is 0 Å². The third kappa shape index (κ3) is 5.02. The van der Waals surface area contributed by atoms with Gasteiger partial charge in [-0.15, -0.1) is 0 Å². The van der Waals surface area contributed by atoms with Gasteiger partial charge in [-0.05, 0) is 32.3 Å². The molecule has 0 aliphatic heterocycles. The van der Waals surface area contributed by atoms with E-state index in [0.29, 0.717) is 0 Å². The van der Waals surface area contributed by atoms with E-state index in [1.807, 2.05) is 12.2 Å². The number of hydrogen-bond acceptors (Lipinski definition) is 3. The van der Waals surface area contributed by atoms with E-state index in [9.17, 15) is 13.2 Å². The Hall–Kier alpha value is -2.38. The van der Waals surface area contributed by atoms with Crippen LogP contribution in [0.15, 0.2) is 83.4 Å². The van der Waals surface area contributed by atoms with Crippen LogP contribution < -0.4 is 0 Å². The van der Waals surface area contributed by atoms with E-state index in [-0.39, 0.29) is 0 Å². The molecule has 4 aromatic carbocycles. The van der Waals surface area contributed by atoms with E-state index in [1.54, 1.807) is 0 Å². The van der Waals surface area contributed by atoms with E-state index in [1.165, 1.54) is 36.8 Å². The monoisotopic (exact) mass is 472 g/mol. The molecule has 0 N–H and O–H groups in total. The van der Waals surface area contributed by atoms with Crippen molar-refractivity contribution in [1.29, 1.82) is 0 Å². The number of halogens is 3. The van der Waals surface area contributed by atoms with Crippen LogP contribution in [0.2, 0.25) is 0 Å². The Kier molecular flexibility index (Phi) is 6.53. The summed E-state index contributed by atoms with van der Waals surface area (Å²) in [6.45, 7) is 0. The van der Waals surface area contributed by atoms with Crippen LogP contribution >= 0.6 is 0 Å². The Morgan fingerprint density at radius 2 is 1.17 bits per heavy atom. The van der Waals surface area contributed by atoms with Gasteiger partial charge in [-0.1, -0.05) is 60.7 Å². The van der Waals surface area contributed by atoms with Gasteiger partial charge in [0, 0.05) is 0 Å². The third-order valence-corrected chi connectivity index (χ3v) is 5.37. The van der Waals surface area contributed by atoms with Crippen LogP contribution in [0.5, 0.6) is 0 Å². The second-order valence-corrected chi connectivity index (χ2v) is 8.50. The van der Waals surface area contributed by atoms with Gasteiger partial charge in [0.1, 0.15) is 0 Å². The van der Waals surface area contributed by atoms with Crippen molar-refractivity contribution in [1.82, 2.24) is 0 Å². The standard InChI is InChI=1S/C16H10.C5H5.CHF3O3S.Fe/c1-3-11-7-9-13-5-2-6-14-10-8-12(4-1)15(11)16(13)14;1-2-4-5-3-1;2-1(3,4)8(5,6)7;/h1-10H;1-3H,4H2;(H,5,6,7);/q;;;+1/p-1. The van der Waals surface area contributed by atoms with Crippen molar-refractivity contribution in [2.75, 3.05) is 0 Å². The normalized spacial score (nSPS) is 13.7. The Balaban J connectivity index is 0.000000154. The molecule has 0 fully saturated rings. The molecule has 156 valence electrons. The van der Waals surface area contributed by atoms with Gasteiger partial charge in [0.25, 0.3) is 0 Å². The minimum Gasteiger partial charge on any atom is -0.0610 e. The molecule has 0 unspecified atom stereocenters. The summed E-state index contributed by atoms with van der Waals surface area (Å²) < 4.78 is 60.1. The smallest absolute Gasteiger partial charge is 0.00268 e. The fourth-order valence-corrected chi connectivity index (χ4v) is 3.32. The summed E-state index contributed by atoms with van der Waals surface area (Å²) >= 11 is 3.74. The Morgan fingerprint density at radius 1 is 0.800 bits per heavy atom. The first kappa shape index (κ1) is 22.3. The maximum Gasteiger partial charge on any atom is -0.00268 e. The van der Waals surface area contributed by atoms with Gasteiger partial charge in [0.2, 0.25) is 0 Å². The van der Waals surface area contributed by atoms with Crippen molar-refractivity contribution in [3.63, 3.8) is 0 Å². The second kappa shape index (κ2) is 8.78. The van der Waals surface area contributed by atoms with Crippen LogP contribution in [0, 0.1) is 0 Å². The molecule has 0 bridgehead atoms. The predicted octanol–water partition coefficient (Wildman–Crippen LogP) is 6.01. The van der Waals surface area contributed by atoms with Crippen molar-refractivity contribution in [3.05, 3.63) is 83.4 Å². The van der Waals surface area contributed by atoms with Crippen LogP contribution in [0.3, 0.4) is 0 Å². The number of benzene rings is 4. The minimum atomic E-state index is -6.09. The molecule has 0 heterocycles. The van der Waals surface area contributed by atoms with Crippen LogP contribution in [0.25, 0.3) is 32.3 Å². The van der Waals surface area contributed by atoms with E-state index >= 15 is 0 Å². The second-order valence-electron chi connectivity index (χ2n) is 6.42. The number of rotatable bonds is 0. The van der Waals surface area contributed by atoms with E-state index in [0.717, 1.165) is 6.42 Å². The number of allylic oxidation sites excluding steroid dienone is 4. The minimum absolute atomic E-state index is 1.06. The number of hydrogen-bond donors (Lipinski definition) is 0. The molecule has 0 saturated heterocycles. The summed E-state index contributed by atoms with van der Waals surface area (Å²) in [5.41, 5.74) is -5.65. The summed E-state index contributed by atoms with van der Waals surface area (Å²) in [6, 6.07) is 21.9. The summed E-state index contributed by atoms with van der Waals surface area (Å²) in [7, 11) is -6.09. The van der Waals surface area contributed by atoms with Crippen LogP contribution in [-0.4, -0.2) is 18.5 Å². The van der Waals surface area contributed by atoms with Crippen molar-refractivity contribution in [2.45, 2.75) is 11.9 Å². The van der Waals surface area contributed by atoms with Crippen molar-refractivity contribution in [3.8, 4) is 0 Å². The first-order valence-electron chi connectivity index (χ1n) is 8.72. The zero-order valence-electron chi connectivity index (χ0n) is 15.3. The van der Waals surface area contributed by atoms with Crippen LogP contribution in [-0.2, 0) is 26.1 Å². The molecule has 4 aromatic rings. The van der Waals surface area contributed by atoms with Crippen LogP contribution in [0.1, 0.15) is 6.42 Å². The Morgan fingerprint density at radius 3 is 1.37 bits per heavy atom. The molecule has 1 aliphatic carbocycles. The Labute approximate surface area is 179 Å². The summed E-state index contributed by atoms with van der Waals surface area (Å²) in [6.07, 6.45) is 7.21. The van der Waals surface area contributed by atoms with Crippen molar-refractivity contribution in [2.24, 2.45) is 0 Å². The van der Waals surface area contributed by atoms with Gasteiger partial charge >= 0.3 is 50.6 Å². The topological polar surface area (TPSA) is 57.2 Å². The predicted molar refractivity (Wildman–Crippen MR) is 108 cm³/mol. The molecule has 0 saturated carbocycles. The van der Waals surface area contributed by atoms with Gasteiger partial charge in [0.15, 0.2) is 10.1 Å². The molecule has 0 amide bonds. The summed E-state index contributed by atoms with van der Waals surface area (Å²) in [5.74, 6) is 0. The van der Waals surface area contributed by atoms with E-state index in [4.69, 9.17) is 13.0 Å².